The fraction of sp³-hybridized carbons (Fsp3) is 0.0208. The molecule has 1 spiro atoms. The molecule has 11 rings (SSSR count). The van der Waals surface area contributed by atoms with E-state index in [4.69, 9.17) is 19.2 Å². The second-order valence-corrected chi connectivity index (χ2v) is 13.5. The van der Waals surface area contributed by atoms with Crippen molar-refractivity contribution >= 4 is 17.2 Å². The van der Waals surface area contributed by atoms with E-state index < -0.39 is 5.41 Å². The number of benzene rings is 7. The lowest BCUT2D eigenvalue weighted by Crippen LogP contribution is -2.36. The van der Waals surface area contributed by atoms with Gasteiger partial charge in [-0.2, -0.15) is 0 Å². The van der Waals surface area contributed by atoms with Crippen LogP contribution in [0.15, 0.2) is 182 Å². The number of aromatic nitrogens is 1. The zero-order valence-electron chi connectivity index (χ0n) is 28.4. The summed E-state index contributed by atoms with van der Waals surface area (Å²) in [5.74, 6) is 5.47. The Morgan fingerprint density at radius 2 is 0.943 bits per heavy atom. The molecular formula is C48H30N2O3. The number of rotatable bonds is 3. The van der Waals surface area contributed by atoms with Gasteiger partial charge in [-0.15, -0.1) is 0 Å². The smallest absolute Gasteiger partial charge is 0.181 e. The second kappa shape index (κ2) is 11.5. The highest BCUT2D eigenvalue weighted by atomic mass is 16.5. The van der Waals surface area contributed by atoms with Crippen molar-refractivity contribution in [3.8, 4) is 56.8 Å². The molecule has 1 aromatic heterocycles. The molecule has 0 aliphatic carbocycles. The number of fused-ring (bicyclic) bond motifs is 10. The highest BCUT2D eigenvalue weighted by molar-refractivity contribution is 5.94. The van der Waals surface area contributed by atoms with Crippen LogP contribution >= 0.6 is 0 Å². The van der Waals surface area contributed by atoms with Gasteiger partial charge in [0.15, 0.2) is 17.3 Å². The highest BCUT2D eigenvalue weighted by Crippen LogP contribution is 2.62. The molecule has 5 nitrogen and oxygen atoms in total. The minimum atomic E-state index is -0.694. The van der Waals surface area contributed by atoms with Crippen molar-refractivity contribution in [3.63, 3.8) is 0 Å². The van der Waals surface area contributed by atoms with E-state index in [0.717, 1.165) is 90.4 Å². The van der Waals surface area contributed by atoms with E-state index in [9.17, 15) is 0 Å². The SMILES string of the molecule is c1ccc(-c2ccc3c(c2)Oc2ccccc2C32c3ccccc3Oc3cc(-c4cccc5c4N(c4ccccc4)c4ncccc4O5)ccc32)cc1. The Labute approximate surface area is 306 Å². The molecule has 1 atom stereocenters. The van der Waals surface area contributed by atoms with Gasteiger partial charge < -0.3 is 14.2 Å². The first-order valence-electron chi connectivity index (χ1n) is 17.8. The van der Waals surface area contributed by atoms with Crippen LogP contribution in [0.25, 0.3) is 22.3 Å². The van der Waals surface area contributed by atoms with Gasteiger partial charge >= 0.3 is 0 Å². The number of pyridine rings is 1. The molecule has 5 heteroatoms. The summed E-state index contributed by atoms with van der Waals surface area (Å²) in [4.78, 5) is 6.99. The summed E-state index contributed by atoms with van der Waals surface area (Å²) in [6.07, 6.45) is 1.81. The maximum atomic E-state index is 6.90. The Morgan fingerprint density at radius 3 is 1.66 bits per heavy atom. The predicted octanol–water partition coefficient (Wildman–Crippen LogP) is 12.6. The molecular weight excluding hydrogens is 653 g/mol. The van der Waals surface area contributed by atoms with E-state index in [1.165, 1.54) is 0 Å². The summed E-state index contributed by atoms with van der Waals surface area (Å²) >= 11 is 0. The zero-order chi connectivity index (χ0) is 34.9. The quantitative estimate of drug-likeness (QED) is 0.186. The first kappa shape index (κ1) is 29.6. The molecule has 53 heavy (non-hydrogen) atoms. The van der Waals surface area contributed by atoms with Gasteiger partial charge in [-0.05, 0) is 71.3 Å². The minimum Gasteiger partial charge on any atom is -0.457 e. The van der Waals surface area contributed by atoms with Crippen molar-refractivity contribution in [1.82, 2.24) is 4.98 Å². The second-order valence-electron chi connectivity index (χ2n) is 13.5. The van der Waals surface area contributed by atoms with Crippen molar-refractivity contribution < 1.29 is 14.2 Å². The molecule has 0 saturated heterocycles. The summed E-state index contributed by atoms with van der Waals surface area (Å²) in [5.41, 5.74) is 9.75. The molecule has 3 aliphatic heterocycles. The van der Waals surface area contributed by atoms with Crippen molar-refractivity contribution in [3.05, 3.63) is 204 Å². The average molecular weight is 683 g/mol. The van der Waals surface area contributed by atoms with Gasteiger partial charge in [-0.3, -0.25) is 4.90 Å². The summed E-state index contributed by atoms with van der Waals surface area (Å²) in [7, 11) is 0. The van der Waals surface area contributed by atoms with Crippen LogP contribution in [0.1, 0.15) is 22.3 Å². The van der Waals surface area contributed by atoms with Crippen LogP contribution in [0.4, 0.5) is 17.2 Å². The van der Waals surface area contributed by atoms with Gasteiger partial charge in [-0.25, -0.2) is 4.98 Å². The summed E-state index contributed by atoms with van der Waals surface area (Å²) in [5, 5.41) is 0. The predicted molar refractivity (Wildman–Crippen MR) is 208 cm³/mol. The lowest BCUT2D eigenvalue weighted by atomic mass is 9.62. The van der Waals surface area contributed by atoms with Crippen LogP contribution in [0.3, 0.4) is 0 Å². The van der Waals surface area contributed by atoms with Crippen molar-refractivity contribution in [2.45, 2.75) is 5.41 Å². The van der Waals surface area contributed by atoms with Gasteiger partial charge in [0.25, 0.3) is 0 Å². The number of hydrogen-bond acceptors (Lipinski definition) is 5. The van der Waals surface area contributed by atoms with Crippen molar-refractivity contribution in [1.29, 1.82) is 0 Å². The van der Waals surface area contributed by atoms with E-state index in [2.05, 4.69) is 120 Å². The molecule has 0 bridgehead atoms. The maximum Gasteiger partial charge on any atom is 0.181 e. The Balaban J connectivity index is 1.14. The normalized spacial score (nSPS) is 15.7. The third-order valence-corrected chi connectivity index (χ3v) is 10.6. The average Bonchev–Trinajstić information content (AvgIpc) is 3.22. The Hall–Kier alpha value is -7.11. The molecule has 1 unspecified atom stereocenters. The first-order valence-corrected chi connectivity index (χ1v) is 17.8. The highest BCUT2D eigenvalue weighted by Gasteiger charge is 2.50. The largest absolute Gasteiger partial charge is 0.457 e. The fourth-order valence-electron chi connectivity index (χ4n) is 8.40. The van der Waals surface area contributed by atoms with Gasteiger partial charge in [0.2, 0.25) is 0 Å². The number of nitrogens with zero attached hydrogens (tertiary/aromatic N) is 2. The van der Waals surface area contributed by atoms with Gasteiger partial charge in [0, 0.05) is 39.7 Å². The van der Waals surface area contributed by atoms with Crippen molar-refractivity contribution in [2.24, 2.45) is 0 Å². The van der Waals surface area contributed by atoms with Crippen LogP contribution in [-0.2, 0) is 5.41 Å². The maximum absolute atomic E-state index is 6.90. The topological polar surface area (TPSA) is 43.8 Å². The van der Waals surface area contributed by atoms with Crippen LogP contribution in [0.5, 0.6) is 34.5 Å². The minimum absolute atomic E-state index is 0.694. The molecule has 0 fully saturated rings. The standard InChI is InChI=1S/C48H30N2O3/c1-3-13-31(14-4-1)32-24-26-38-44(29-32)51-40-20-9-7-18-36(40)48(38)37-19-8-10-21-41(37)52-45-30-33(25-27-39(45)48)35-17-11-22-42-46(35)50(34-15-5-2-6-16-34)47-43(53-42)23-12-28-49-47/h1-30H. The first-order chi connectivity index (χ1) is 26.3. The van der Waals surface area contributed by atoms with Gasteiger partial charge in [-0.1, -0.05) is 121 Å². The molecule has 7 aromatic carbocycles. The van der Waals surface area contributed by atoms with Crippen LogP contribution < -0.4 is 19.1 Å². The van der Waals surface area contributed by atoms with Crippen LogP contribution in [0, 0.1) is 0 Å². The van der Waals surface area contributed by atoms with E-state index in [0.29, 0.717) is 5.75 Å². The molecule has 250 valence electrons. The van der Waals surface area contributed by atoms with Gasteiger partial charge in [0.05, 0.1) is 11.1 Å². The van der Waals surface area contributed by atoms with Crippen LogP contribution in [0.2, 0.25) is 0 Å². The molecule has 8 aromatic rings. The number of hydrogen-bond donors (Lipinski definition) is 0. The van der Waals surface area contributed by atoms with E-state index in [-0.39, 0.29) is 0 Å². The molecule has 0 amide bonds. The molecule has 0 saturated carbocycles. The van der Waals surface area contributed by atoms with Crippen LogP contribution in [-0.4, -0.2) is 4.98 Å². The monoisotopic (exact) mass is 682 g/mol. The summed E-state index contributed by atoms with van der Waals surface area (Å²) in [6, 6.07) is 60.9. The Bertz CT molecular complexity index is 2720. The summed E-state index contributed by atoms with van der Waals surface area (Å²) < 4.78 is 20.2. The van der Waals surface area contributed by atoms with E-state index in [1.807, 2.05) is 66.9 Å². The van der Waals surface area contributed by atoms with E-state index in [1.54, 1.807) is 0 Å². The van der Waals surface area contributed by atoms with Crippen molar-refractivity contribution in [2.75, 3.05) is 4.90 Å². The number of para-hydroxylation sites is 4. The molecule has 3 aliphatic rings. The lowest BCUT2D eigenvalue weighted by Gasteiger charge is -2.45. The molecule has 4 heterocycles. The number of anilines is 3. The zero-order valence-corrected chi connectivity index (χ0v) is 28.4. The third kappa shape index (κ3) is 4.34. The fourth-order valence-corrected chi connectivity index (χ4v) is 8.40. The third-order valence-electron chi connectivity index (χ3n) is 10.6. The Morgan fingerprint density at radius 1 is 0.396 bits per heavy atom. The van der Waals surface area contributed by atoms with Gasteiger partial charge in [0.1, 0.15) is 23.0 Å². The summed E-state index contributed by atoms with van der Waals surface area (Å²) in [6.45, 7) is 0. The molecule has 0 N–H and O–H groups in total. The molecule has 0 radical (unpaired) electrons. The lowest BCUT2D eigenvalue weighted by molar-refractivity contribution is 0.399. The van der Waals surface area contributed by atoms with E-state index >= 15 is 0 Å². The number of ether oxygens (including phenoxy) is 3. The Kier molecular flexibility index (Phi) is 6.40.